The normalized spacial score (nSPS) is 10.7. The van der Waals surface area contributed by atoms with Gasteiger partial charge in [-0.3, -0.25) is 0 Å². The van der Waals surface area contributed by atoms with Gasteiger partial charge in [0.1, 0.15) is 0 Å². The summed E-state index contributed by atoms with van der Waals surface area (Å²) < 4.78 is 4.84. The predicted octanol–water partition coefficient (Wildman–Crippen LogP) is 1.83. The second kappa shape index (κ2) is 7.75. The van der Waals surface area contributed by atoms with Crippen molar-refractivity contribution in [3.63, 3.8) is 0 Å². The molecule has 1 aromatic rings. The van der Waals surface area contributed by atoms with Gasteiger partial charge >= 0.3 is 5.97 Å². The molecule has 1 rings (SSSR count). The van der Waals surface area contributed by atoms with Crippen LogP contribution >= 0.6 is 0 Å². The van der Waals surface area contributed by atoms with Gasteiger partial charge in [0.15, 0.2) is 0 Å². The molecule has 0 heterocycles. The van der Waals surface area contributed by atoms with Gasteiger partial charge in [-0.05, 0) is 52.2 Å². The van der Waals surface area contributed by atoms with E-state index in [4.69, 9.17) is 10.5 Å². The van der Waals surface area contributed by atoms with Crippen LogP contribution in [0.2, 0.25) is 0 Å². The SMILES string of the molecule is CCN(CCCN(C)C)c1ccc(N)cc1C(=O)OC. The van der Waals surface area contributed by atoms with Crippen molar-refractivity contribution in [1.29, 1.82) is 0 Å². The Kier molecular flexibility index (Phi) is 6.31. The molecule has 0 aliphatic rings. The molecular formula is C15H25N3O2. The van der Waals surface area contributed by atoms with Gasteiger partial charge in [0.25, 0.3) is 0 Å². The topological polar surface area (TPSA) is 58.8 Å². The van der Waals surface area contributed by atoms with E-state index in [0.717, 1.165) is 31.7 Å². The molecule has 0 aromatic heterocycles. The molecule has 5 heteroatoms. The van der Waals surface area contributed by atoms with Crippen molar-refractivity contribution in [2.24, 2.45) is 0 Å². The Hall–Kier alpha value is -1.75. The average molecular weight is 279 g/mol. The summed E-state index contributed by atoms with van der Waals surface area (Å²) in [5.41, 5.74) is 7.75. The summed E-state index contributed by atoms with van der Waals surface area (Å²) in [4.78, 5) is 16.2. The maximum atomic E-state index is 11.9. The average Bonchev–Trinajstić information content (AvgIpc) is 2.43. The largest absolute Gasteiger partial charge is 0.465 e. The lowest BCUT2D eigenvalue weighted by molar-refractivity contribution is 0.0601. The number of ether oxygens (including phenoxy) is 1. The van der Waals surface area contributed by atoms with Crippen LogP contribution in [-0.4, -0.2) is 51.7 Å². The van der Waals surface area contributed by atoms with Gasteiger partial charge in [0.2, 0.25) is 0 Å². The van der Waals surface area contributed by atoms with Crippen LogP contribution in [0.5, 0.6) is 0 Å². The van der Waals surface area contributed by atoms with E-state index in [1.54, 1.807) is 6.07 Å². The number of carbonyl (C=O) groups excluding carboxylic acids is 1. The third-order valence-corrected chi connectivity index (χ3v) is 3.18. The number of nitrogen functional groups attached to an aromatic ring is 1. The lowest BCUT2D eigenvalue weighted by Crippen LogP contribution is -2.28. The fourth-order valence-electron chi connectivity index (χ4n) is 2.13. The highest BCUT2D eigenvalue weighted by atomic mass is 16.5. The fourth-order valence-corrected chi connectivity index (χ4v) is 2.13. The fraction of sp³-hybridized carbons (Fsp3) is 0.533. The Balaban J connectivity index is 2.93. The number of rotatable bonds is 7. The Morgan fingerprint density at radius 1 is 1.30 bits per heavy atom. The summed E-state index contributed by atoms with van der Waals surface area (Å²) in [7, 11) is 5.50. The number of hydrogen-bond acceptors (Lipinski definition) is 5. The van der Waals surface area contributed by atoms with E-state index in [9.17, 15) is 4.79 Å². The Morgan fingerprint density at radius 3 is 2.55 bits per heavy atom. The number of carbonyl (C=O) groups is 1. The van der Waals surface area contributed by atoms with Crippen LogP contribution in [0.1, 0.15) is 23.7 Å². The summed E-state index contributed by atoms with van der Waals surface area (Å²) in [6.07, 6.45) is 1.03. The van der Waals surface area contributed by atoms with Crippen LogP contribution in [0.25, 0.3) is 0 Å². The van der Waals surface area contributed by atoms with E-state index in [1.165, 1.54) is 7.11 Å². The van der Waals surface area contributed by atoms with E-state index in [0.29, 0.717) is 11.3 Å². The second-order valence-electron chi connectivity index (χ2n) is 5.00. The summed E-state index contributed by atoms with van der Waals surface area (Å²) in [6, 6.07) is 5.38. The van der Waals surface area contributed by atoms with Crippen LogP contribution in [0.15, 0.2) is 18.2 Å². The molecule has 0 aliphatic carbocycles. The minimum absolute atomic E-state index is 0.349. The van der Waals surface area contributed by atoms with E-state index in [1.807, 2.05) is 12.1 Å². The number of nitrogens with two attached hydrogens (primary N) is 1. The summed E-state index contributed by atoms with van der Waals surface area (Å²) >= 11 is 0. The maximum Gasteiger partial charge on any atom is 0.340 e. The van der Waals surface area contributed by atoms with Gasteiger partial charge in [-0.15, -0.1) is 0 Å². The van der Waals surface area contributed by atoms with E-state index >= 15 is 0 Å². The third-order valence-electron chi connectivity index (χ3n) is 3.18. The smallest absolute Gasteiger partial charge is 0.340 e. The lowest BCUT2D eigenvalue weighted by Gasteiger charge is -2.26. The molecule has 0 saturated heterocycles. The van der Waals surface area contributed by atoms with E-state index < -0.39 is 0 Å². The first-order valence-electron chi connectivity index (χ1n) is 6.87. The zero-order chi connectivity index (χ0) is 15.1. The quantitative estimate of drug-likeness (QED) is 0.609. The van der Waals surface area contributed by atoms with Crippen LogP contribution < -0.4 is 10.6 Å². The van der Waals surface area contributed by atoms with Gasteiger partial charge in [0, 0.05) is 18.8 Å². The number of methoxy groups -OCH3 is 1. The van der Waals surface area contributed by atoms with Crippen LogP contribution in [0, 0.1) is 0 Å². The van der Waals surface area contributed by atoms with Crippen molar-refractivity contribution < 1.29 is 9.53 Å². The molecule has 0 saturated carbocycles. The second-order valence-corrected chi connectivity index (χ2v) is 5.00. The number of esters is 1. The molecular weight excluding hydrogens is 254 g/mol. The van der Waals surface area contributed by atoms with Crippen molar-refractivity contribution in [3.05, 3.63) is 23.8 Å². The highest BCUT2D eigenvalue weighted by Crippen LogP contribution is 2.24. The molecule has 112 valence electrons. The standard InChI is InChI=1S/C15H25N3O2/c1-5-18(10-6-9-17(2)3)14-8-7-12(16)11-13(14)15(19)20-4/h7-8,11H,5-6,9-10,16H2,1-4H3. The minimum atomic E-state index is -0.349. The van der Waals surface area contributed by atoms with Crippen molar-refractivity contribution in [2.45, 2.75) is 13.3 Å². The zero-order valence-corrected chi connectivity index (χ0v) is 12.8. The lowest BCUT2D eigenvalue weighted by atomic mass is 10.1. The Morgan fingerprint density at radius 2 is 2.00 bits per heavy atom. The summed E-state index contributed by atoms with van der Waals surface area (Å²) in [5, 5.41) is 0. The highest BCUT2D eigenvalue weighted by Gasteiger charge is 2.16. The van der Waals surface area contributed by atoms with Crippen LogP contribution in [0.3, 0.4) is 0 Å². The number of nitrogens with zero attached hydrogens (tertiary/aromatic N) is 2. The molecule has 0 aliphatic heterocycles. The maximum absolute atomic E-state index is 11.9. The molecule has 0 bridgehead atoms. The predicted molar refractivity (Wildman–Crippen MR) is 83.3 cm³/mol. The van der Waals surface area contributed by atoms with Gasteiger partial charge in [-0.1, -0.05) is 0 Å². The van der Waals surface area contributed by atoms with Crippen LogP contribution in [-0.2, 0) is 4.74 Å². The van der Waals surface area contributed by atoms with Gasteiger partial charge in [-0.2, -0.15) is 0 Å². The van der Waals surface area contributed by atoms with Gasteiger partial charge in [0.05, 0.1) is 18.4 Å². The first-order valence-corrected chi connectivity index (χ1v) is 6.87. The molecule has 5 nitrogen and oxygen atoms in total. The molecule has 0 spiro atoms. The first kappa shape index (κ1) is 16.3. The number of benzene rings is 1. The number of hydrogen-bond donors (Lipinski definition) is 1. The molecule has 1 aromatic carbocycles. The van der Waals surface area contributed by atoms with E-state index in [-0.39, 0.29) is 5.97 Å². The van der Waals surface area contributed by atoms with E-state index in [2.05, 4.69) is 30.8 Å². The molecule has 0 radical (unpaired) electrons. The molecule has 0 unspecified atom stereocenters. The first-order chi connectivity index (χ1) is 9.49. The molecule has 0 atom stereocenters. The number of anilines is 2. The van der Waals surface area contributed by atoms with Gasteiger partial charge in [-0.25, -0.2) is 4.79 Å². The molecule has 20 heavy (non-hydrogen) atoms. The molecule has 2 N–H and O–H groups in total. The summed E-state index contributed by atoms with van der Waals surface area (Å²) in [6.45, 7) is 4.82. The molecule has 0 fully saturated rings. The van der Waals surface area contributed by atoms with Crippen LogP contribution in [0.4, 0.5) is 11.4 Å². The summed E-state index contributed by atoms with van der Waals surface area (Å²) in [5.74, 6) is -0.349. The van der Waals surface area contributed by atoms with Gasteiger partial charge < -0.3 is 20.3 Å². The monoisotopic (exact) mass is 279 g/mol. The zero-order valence-electron chi connectivity index (χ0n) is 12.8. The Bertz CT molecular complexity index is 447. The van der Waals surface area contributed by atoms with Crippen molar-refractivity contribution in [3.8, 4) is 0 Å². The minimum Gasteiger partial charge on any atom is -0.465 e. The Labute approximate surface area is 121 Å². The highest BCUT2D eigenvalue weighted by molar-refractivity contribution is 5.96. The third kappa shape index (κ3) is 4.42. The van der Waals surface area contributed by atoms with Crippen molar-refractivity contribution in [2.75, 3.05) is 51.5 Å². The molecule has 0 amide bonds. The van der Waals surface area contributed by atoms with Crippen molar-refractivity contribution in [1.82, 2.24) is 4.90 Å². The van der Waals surface area contributed by atoms with Crippen molar-refractivity contribution >= 4 is 17.3 Å².